The van der Waals surface area contributed by atoms with Crippen LogP contribution < -0.4 is 5.32 Å². The zero-order chi connectivity index (χ0) is 12.2. The van der Waals surface area contributed by atoms with Crippen LogP contribution in [0.15, 0.2) is 24.5 Å². The van der Waals surface area contributed by atoms with Crippen molar-refractivity contribution < 1.29 is 4.74 Å². The van der Waals surface area contributed by atoms with Crippen molar-refractivity contribution in [2.75, 3.05) is 26.3 Å². The molecule has 1 aromatic rings. The molecule has 0 radical (unpaired) electrons. The van der Waals surface area contributed by atoms with Gasteiger partial charge in [0.15, 0.2) is 0 Å². The van der Waals surface area contributed by atoms with E-state index in [0.717, 1.165) is 39.1 Å². The van der Waals surface area contributed by atoms with Crippen molar-refractivity contribution in [1.82, 2.24) is 10.3 Å². The minimum Gasteiger partial charge on any atom is -0.381 e. The Morgan fingerprint density at radius 1 is 1.12 bits per heavy atom. The van der Waals surface area contributed by atoms with Crippen LogP contribution in [-0.2, 0) is 11.2 Å². The quantitative estimate of drug-likeness (QED) is 0.634. The zero-order valence-corrected chi connectivity index (χ0v) is 10.8. The Balaban J connectivity index is 1.85. The van der Waals surface area contributed by atoms with Gasteiger partial charge >= 0.3 is 0 Å². The molecule has 0 unspecified atom stereocenters. The Morgan fingerprint density at radius 2 is 1.88 bits per heavy atom. The predicted octanol–water partition coefficient (Wildman–Crippen LogP) is 2.42. The molecule has 1 heterocycles. The summed E-state index contributed by atoms with van der Waals surface area (Å²) >= 11 is 0. The highest BCUT2D eigenvalue weighted by Crippen LogP contribution is 1.96. The summed E-state index contributed by atoms with van der Waals surface area (Å²) < 4.78 is 5.49. The minimum atomic E-state index is 0.877. The lowest BCUT2D eigenvalue weighted by molar-refractivity contribution is 0.129. The van der Waals surface area contributed by atoms with Gasteiger partial charge in [0, 0.05) is 25.6 Å². The van der Waals surface area contributed by atoms with Crippen molar-refractivity contribution in [1.29, 1.82) is 0 Å². The standard InChI is InChI=1S/C14H24N2O/c1-2-3-12-17-13-4-8-15-9-5-14-6-10-16-11-7-14/h6-7,10-11,15H,2-5,8-9,12-13H2,1H3. The van der Waals surface area contributed by atoms with E-state index < -0.39 is 0 Å². The van der Waals surface area contributed by atoms with Gasteiger partial charge in [0.2, 0.25) is 0 Å². The Hall–Kier alpha value is -0.930. The first kappa shape index (κ1) is 14.1. The van der Waals surface area contributed by atoms with Crippen LogP contribution in [0, 0.1) is 0 Å². The van der Waals surface area contributed by atoms with Crippen molar-refractivity contribution in [2.24, 2.45) is 0 Å². The van der Waals surface area contributed by atoms with Crippen molar-refractivity contribution in [3.63, 3.8) is 0 Å². The molecule has 1 rings (SSSR count). The number of hydrogen-bond donors (Lipinski definition) is 1. The molecule has 96 valence electrons. The maximum absolute atomic E-state index is 5.49. The second kappa shape index (κ2) is 10.2. The number of nitrogens with one attached hydrogen (secondary N) is 1. The Morgan fingerprint density at radius 3 is 2.65 bits per heavy atom. The molecule has 0 amide bonds. The van der Waals surface area contributed by atoms with Crippen LogP contribution in [0.4, 0.5) is 0 Å². The average Bonchev–Trinajstić information content (AvgIpc) is 2.38. The van der Waals surface area contributed by atoms with Gasteiger partial charge in [0.05, 0.1) is 0 Å². The molecule has 0 saturated heterocycles. The summed E-state index contributed by atoms with van der Waals surface area (Å²) in [6.45, 7) is 6.04. The van der Waals surface area contributed by atoms with Crippen LogP contribution in [0.25, 0.3) is 0 Å². The molecular weight excluding hydrogens is 212 g/mol. The summed E-state index contributed by atoms with van der Waals surface area (Å²) in [5.41, 5.74) is 1.34. The highest BCUT2D eigenvalue weighted by atomic mass is 16.5. The lowest BCUT2D eigenvalue weighted by Gasteiger charge is -2.05. The Bertz CT molecular complexity index is 264. The summed E-state index contributed by atoms with van der Waals surface area (Å²) in [4.78, 5) is 4.00. The summed E-state index contributed by atoms with van der Waals surface area (Å²) in [7, 11) is 0. The van der Waals surface area contributed by atoms with Crippen LogP contribution in [0.3, 0.4) is 0 Å². The molecular formula is C14H24N2O. The van der Waals surface area contributed by atoms with Gasteiger partial charge in [-0.2, -0.15) is 0 Å². The highest BCUT2D eigenvalue weighted by Gasteiger charge is 1.92. The maximum Gasteiger partial charge on any atom is 0.0478 e. The van der Waals surface area contributed by atoms with E-state index >= 15 is 0 Å². The van der Waals surface area contributed by atoms with E-state index in [1.54, 1.807) is 0 Å². The lowest BCUT2D eigenvalue weighted by Crippen LogP contribution is -2.19. The van der Waals surface area contributed by atoms with Crippen molar-refractivity contribution in [3.05, 3.63) is 30.1 Å². The second-order valence-electron chi connectivity index (χ2n) is 4.17. The van der Waals surface area contributed by atoms with Gasteiger partial charge in [0.25, 0.3) is 0 Å². The van der Waals surface area contributed by atoms with Crippen LogP contribution in [-0.4, -0.2) is 31.3 Å². The molecule has 1 N–H and O–H groups in total. The van der Waals surface area contributed by atoms with Gasteiger partial charge in [-0.3, -0.25) is 4.98 Å². The SMILES string of the molecule is CCCCOCCCNCCc1ccncc1. The summed E-state index contributed by atoms with van der Waals surface area (Å²) in [6.07, 6.45) is 8.24. The summed E-state index contributed by atoms with van der Waals surface area (Å²) in [5.74, 6) is 0. The molecule has 0 aromatic carbocycles. The third-order valence-electron chi connectivity index (χ3n) is 2.62. The summed E-state index contributed by atoms with van der Waals surface area (Å²) in [6, 6.07) is 4.13. The third kappa shape index (κ3) is 7.88. The average molecular weight is 236 g/mol. The highest BCUT2D eigenvalue weighted by molar-refractivity contribution is 5.09. The number of ether oxygens (including phenoxy) is 1. The fourth-order valence-corrected chi connectivity index (χ4v) is 1.55. The van der Waals surface area contributed by atoms with E-state index in [0.29, 0.717) is 0 Å². The number of aromatic nitrogens is 1. The minimum absolute atomic E-state index is 0.877. The zero-order valence-electron chi connectivity index (χ0n) is 10.8. The van der Waals surface area contributed by atoms with E-state index in [4.69, 9.17) is 4.74 Å². The number of unbranched alkanes of at least 4 members (excludes halogenated alkanes) is 1. The third-order valence-corrected chi connectivity index (χ3v) is 2.62. The van der Waals surface area contributed by atoms with Gasteiger partial charge in [-0.25, -0.2) is 0 Å². The molecule has 0 atom stereocenters. The number of rotatable bonds is 10. The van der Waals surface area contributed by atoms with Gasteiger partial charge in [-0.1, -0.05) is 13.3 Å². The summed E-state index contributed by atoms with van der Waals surface area (Å²) in [5, 5.41) is 3.42. The van der Waals surface area contributed by atoms with Crippen LogP contribution in [0.5, 0.6) is 0 Å². The van der Waals surface area contributed by atoms with Crippen LogP contribution in [0.1, 0.15) is 31.7 Å². The van der Waals surface area contributed by atoms with Crippen LogP contribution in [0.2, 0.25) is 0 Å². The van der Waals surface area contributed by atoms with E-state index in [1.165, 1.54) is 18.4 Å². The fourth-order valence-electron chi connectivity index (χ4n) is 1.55. The van der Waals surface area contributed by atoms with Gasteiger partial charge in [-0.15, -0.1) is 0 Å². The smallest absolute Gasteiger partial charge is 0.0478 e. The molecule has 0 aliphatic heterocycles. The Kier molecular flexibility index (Phi) is 8.51. The van der Waals surface area contributed by atoms with Crippen LogP contribution >= 0.6 is 0 Å². The number of hydrogen-bond acceptors (Lipinski definition) is 3. The van der Waals surface area contributed by atoms with Crippen molar-refractivity contribution >= 4 is 0 Å². The van der Waals surface area contributed by atoms with Gasteiger partial charge < -0.3 is 10.1 Å². The molecule has 0 fully saturated rings. The maximum atomic E-state index is 5.49. The molecule has 17 heavy (non-hydrogen) atoms. The monoisotopic (exact) mass is 236 g/mol. The van der Waals surface area contributed by atoms with E-state index in [1.807, 2.05) is 12.4 Å². The molecule has 1 aromatic heterocycles. The van der Waals surface area contributed by atoms with E-state index in [2.05, 4.69) is 29.4 Å². The Labute approximate surface area is 105 Å². The van der Waals surface area contributed by atoms with Crippen molar-refractivity contribution in [2.45, 2.75) is 32.6 Å². The molecule has 0 aliphatic carbocycles. The molecule has 0 bridgehead atoms. The molecule has 0 spiro atoms. The first-order valence-electron chi connectivity index (χ1n) is 6.61. The predicted molar refractivity (Wildman–Crippen MR) is 71.2 cm³/mol. The number of nitrogens with zero attached hydrogens (tertiary/aromatic N) is 1. The second-order valence-corrected chi connectivity index (χ2v) is 4.17. The van der Waals surface area contributed by atoms with E-state index in [-0.39, 0.29) is 0 Å². The first-order valence-corrected chi connectivity index (χ1v) is 6.61. The van der Waals surface area contributed by atoms with E-state index in [9.17, 15) is 0 Å². The number of pyridine rings is 1. The fraction of sp³-hybridized carbons (Fsp3) is 0.643. The topological polar surface area (TPSA) is 34.1 Å². The molecule has 3 heteroatoms. The lowest BCUT2D eigenvalue weighted by atomic mass is 10.2. The van der Waals surface area contributed by atoms with Crippen molar-refractivity contribution in [3.8, 4) is 0 Å². The molecule has 0 aliphatic rings. The largest absolute Gasteiger partial charge is 0.381 e. The normalized spacial score (nSPS) is 10.6. The first-order chi connectivity index (χ1) is 8.43. The van der Waals surface area contributed by atoms with Gasteiger partial charge in [0.1, 0.15) is 0 Å². The molecule has 3 nitrogen and oxygen atoms in total. The molecule has 0 saturated carbocycles. The van der Waals surface area contributed by atoms with Gasteiger partial charge in [-0.05, 0) is 50.0 Å².